The van der Waals surface area contributed by atoms with Gasteiger partial charge in [-0.25, -0.2) is 4.39 Å². The van der Waals surface area contributed by atoms with Crippen LogP contribution in [0.1, 0.15) is 49.4 Å². The van der Waals surface area contributed by atoms with Crippen LogP contribution in [0, 0.1) is 11.7 Å². The first-order valence-corrected chi connectivity index (χ1v) is 13.0. The predicted octanol–water partition coefficient (Wildman–Crippen LogP) is 4.06. The van der Waals surface area contributed by atoms with Crippen LogP contribution >= 0.6 is 0 Å². The Kier molecular flexibility index (Phi) is 8.46. The number of piperidine rings is 1. The van der Waals surface area contributed by atoms with E-state index < -0.39 is 0 Å². The molecule has 0 bridgehead atoms. The molecule has 194 valence electrons. The topological polar surface area (TPSA) is 79.1 Å². The monoisotopic (exact) mass is 496 g/mol. The van der Waals surface area contributed by atoms with E-state index in [2.05, 4.69) is 16.7 Å². The minimum Gasteiger partial charge on any atom is -0.494 e. The third-order valence-electron chi connectivity index (χ3n) is 7.44. The summed E-state index contributed by atoms with van der Waals surface area (Å²) in [7, 11) is 1.66. The minimum atomic E-state index is -0.333. The number of carbonyl (C=O) groups excluding carboxylic acids is 2. The van der Waals surface area contributed by atoms with Gasteiger partial charge in [0, 0.05) is 43.3 Å². The highest BCUT2D eigenvalue weighted by molar-refractivity contribution is 6.05. The number of hydrogen-bond acceptors (Lipinski definition) is 5. The second-order valence-electron chi connectivity index (χ2n) is 9.83. The molecule has 1 atom stereocenters. The summed E-state index contributed by atoms with van der Waals surface area (Å²) in [5.74, 6) is -0.0377. The van der Waals surface area contributed by atoms with Crippen molar-refractivity contribution in [1.29, 1.82) is 0 Å². The third kappa shape index (κ3) is 5.98. The van der Waals surface area contributed by atoms with E-state index in [9.17, 15) is 9.59 Å². The summed E-state index contributed by atoms with van der Waals surface area (Å²) in [6.07, 6.45) is 4.59. The molecule has 36 heavy (non-hydrogen) atoms. The fraction of sp³-hybridized carbons (Fsp3) is 0.500. The summed E-state index contributed by atoms with van der Waals surface area (Å²) >= 11 is 0. The van der Waals surface area contributed by atoms with Crippen molar-refractivity contribution in [3.8, 4) is 5.75 Å². The molecular weight excluding hydrogens is 459 g/mol. The van der Waals surface area contributed by atoms with E-state index in [1.54, 1.807) is 43.4 Å². The summed E-state index contributed by atoms with van der Waals surface area (Å²) in [5.41, 5.74) is 7.04. The van der Waals surface area contributed by atoms with Crippen molar-refractivity contribution < 1.29 is 18.7 Å². The molecule has 4 rings (SSSR count). The van der Waals surface area contributed by atoms with Crippen LogP contribution in [-0.4, -0.2) is 62.6 Å². The molecule has 0 radical (unpaired) electrons. The maximum Gasteiger partial charge on any atom is 0.258 e. The van der Waals surface area contributed by atoms with Gasteiger partial charge < -0.3 is 20.3 Å². The maximum atomic E-state index is 15.2. The van der Waals surface area contributed by atoms with Crippen molar-refractivity contribution in [2.75, 3.05) is 49.6 Å². The summed E-state index contributed by atoms with van der Waals surface area (Å²) in [6, 6.07) is 12.4. The summed E-state index contributed by atoms with van der Waals surface area (Å²) in [4.78, 5) is 30.3. The summed E-state index contributed by atoms with van der Waals surface area (Å²) < 4.78 is 20.8. The minimum absolute atomic E-state index is 0.0273. The maximum absolute atomic E-state index is 15.2. The van der Waals surface area contributed by atoms with E-state index in [0.717, 1.165) is 64.0 Å². The van der Waals surface area contributed by atoms with Crippen LogP contribution in [0.4, 0.5) is 15.8 Å². The molecule has 2 aromatic carbocycles. The Labute approximate surface area is 213 Å². The number of primary amides is 1. The SMILES string of the molecule is CCCCOc1ccc(C(=O)N(C)c2ccc(N3CCC(N4CCC(C(N)=O)CC4)C3)c(F)c2)cc1. The molecule has 2 amide bonds. The molecule has 2 N–H and O–H groups in total. The molecule has 2 heterocycles. The lowest BCUT2D eigenvalue weighted by molar-refractivity contribution is -0.123. The van der Waals surface area contributed by atoms with Crippen molar-refractivity contribution in [3.05, 3.63) is 53.8 Å². The Bertz CT molecular complexity index is 1050. The number of benzene rings is 2. The Morgan fingerprint density at radius 1 is 1.08 bits per heavy atom. The van der Waals surface area contributed by atoms with Crippen molar-refractivity contribution in [1.82, 2.24) is 4.90 Å². The zero-order valence-corrected chi connectivity index (χ0v) is 21.3. The lowest BCUT2D eigenvalue weighted by atomic mass is 9.95. The molecule has 2 aliphatic heterocycles. The van der Waals surface area contributed by atoms with Gasteiger partial charge in [-0.2, -0.15) is 0 Å². The van der Waals surface area contributed by atoms with Crippen LogP contribution in [0.5, 0.6) is 5.75 Å². The molecule has 2 saturated heterocycles. The Balaban J connectivity index is 1.35. The van der Waals surface area contributed by atoms with Crippen LogP contribution in [0.2, 0.25) is 0 Å². The summed E-state index contributed by atoms with van der Waals surface area (Å²) in [5, 5.41) is 0. The smallest absolute Gasteiger partial charge is 0.258 e. The van der Waals surface area contributed by atoms with Crippen LogP contribution in [-0.2, 0) is 4.79 Å². The number of likely N-dealkylation sites (tertiary alicyclic amines) is 1. The number of unbranched alkanes of at least 4 members (excludes halogenated alkanes) is 1. The Hall–Kier alpha value is -3.13. The quantitative estimate of drug-likeness (QED) is 0.530. The van der Waals surface area contributed by atoms with Crippen molar-refractivity contribution in [2.45, 2.75) is 45.1 Å². The highest BCUT2D eigenvalue weighted by Crippen LogP contribution is 2.30. The molecule has 0 spiro atoms. The number of amides is 2. The first kappa shape index (κ1) is 25.9. The van der Waals surface area contributed by atoms with E-state index >= 15 is 4.39 Å². The molecule has 2 fully saturated rings. The van der Waals surface area contributed by atoms with Crippen LogP contribution in [0.3, 0.4) is 0 Å². The number of nitrogens with two attached hydrogens (primary N) is 1. The van der Waals surface area contributed by atoms with E-state index in [1.165, 1.54) is 11.0 Å². The fourth-order valence-corrected chi connectivity index (χ4v) is 5.11. The zero-order chi connectivity index (χ0) is 25.7. The first-order valence-electron chi connectivity index (χ1n) is 13.0. The van der Waals surface area contributed by atoms with Gasteiger partial charge in [0.2, 0.25) is 5.91 Å². The van der Waals surface area contributed by atoms with Gasteiger partial charge >= 0.3 is 0 Å². The lowest BCUT2D eigenvalue weighted by Crippen LogP contribution is -2.45. The van der Waals surface area contributed by atoms with Crippen molar-refractivity contribution in [2.24, 2.45) is 11.7 Å². The van der Waals surface area contributed by atoms with Gasteiger partial charge in [-0.15, -0.1) is 0 Å². The van der Waals surface area contributed by atoms with Crippen molar-refractivity contribution >= 4 is 23.2 Å². The molecule has 8 heteroatoms. The van der Waals surface area contributed by atoms with Gasteiger partial charge in [0.15, 0.2) is 0 Å². The molecule has 1 unspecified atom stereocenters. The number of hydrogen-bond donors (Lipinski definition) is 1. The Morgan fingerprint density at radius 2 is 1.81 bits per heavy atom. The first-order chi connectivity index (χ1) is 17.4. The van der Waals surface area contributed by atoms with Crippen molar-refractivity contribution in [3.63, 3.8) is 0 Å². The third-order valence-corrected chi connectivity index (χ3v) is 7.44. The predicted molar refractivity (Wildman–Crippen MR) is 140 cm³/mol. The van der Waals surface area contributed by atoms with E-state index in [1.807, 2.05) is 0 Å². The Morgan fingerprint density at radius 3 is 2.44 bits per heavy atom. The zero-order valence-electron chi connectivity index (χ0n) is 21.3. The van der Waals surface area contributed by atoms with Gasteiger partial charge in [0.1, 0.15) is 11.6 Å². The average molecular weight is 497 g/mol. The number of rotatable bonds is 9. The summed E-state index contributed by atoms with van der Waals surface area (Å²) in [6.45, 7) is 5.99. The number of anilines is 2. The normalized spacial score (nSPS) is 18.9. The highest BCUT2D eigenvalue weighted by atomic mass is 19.1. The molecule has 7 nitrogen and oxygen atoms in total. The number of carbonyl (C=O) groups is 2. The van der Waals surface area contributed by atoms with Crippen LogP contribution in [0.25, 0.3) is 0 Å². The molecule has 0 aliphatic carbocycles. The van der Waals surface area contributed by atoms with Crippen LogP contribution in [0.15, 0.2) is 42.5 Å². The molecule has 2 aliphatic rings. The van der Waals surface area contributed by atoms with Crippen LogP contribution < -0.4 is 20.3 Å². The van der Waals surface area contributed by atoms with Gasteiger partial charge in [-0.1, -0.05) is 13.3 Å². The van der Waals surface area contributed by atoms with E-state index in [4.69, 9.17) is 10.5 Å². The number of ether oxygens (including phenoxy) is 1. The van der Waals surface area contributed by atoms with E-state index in [-0.39, 0.29) is 23.5 Å². The molecule has 2 aromatic rings. The second-order valence-corrected chi connectivity index (χ2v) is 9.83. The average Bonchev–Trinajstić information content (AvgIpc) is 3.38. The van der Waals surface area contributed by atoms with Gasteiger partial charge in [-0.3, -0.25) is 14.5 Å². The van der Waals surface area contributed by atoms with Gasteiger partial charge in [0.05, 0.1) is 12.3 Å². The molecular formula is C28H37FN4O3. The van der Waals surface area contributed by atoms with E-state index in [0.29, 0.717) is 29.6 Å². The molecule has 0 saturated carbocycles. The van der Waals surface area contributed by atoms with Gasteiger partial charge in [-0.05, 0) is 81.2 Å². The molecule has 0 aromatic heterocycles. The number of halogens is 1. The fourth-order valence-electron chi connectivity index (χ4n) is 5.11. The second kappa shape index (κ2) is 11.7. The van der Waals surface area contributed by atoms with Gasteiger partial charge in [0.25, 0.3) is 5.91 Å². The standard InChI is InChI=1S/C28H37FN4O3/c1-3-4-17-36-24-8-5-21(6-9-24)28(35)31(2)22-7-10-26(25(29)18-22)33-16-13-23(19-33)32-14-11-20(12-15-32)27(30)34/h5-10,18,20,23H,3-4,11-17,19H2,1-2H3,(H2,30,34). The number of nitrogens with zero attached hydrogens (tertiary/aromatic N) is 3. The largest absolute Gasteiger partial charge is 0.494 e. The highest BCUT2D eigenvalue weighted by Gasteiger charge is 2.32. The lowest BCUT2D eigenvalue weighted by Gasteiger charge is -2.35.